The number of fused-ring (bicyclic) bond motifs is 1. The molecule has 3 heterocycles. The largest absolute Gasteiger partial charge is 0.351 e. The third-order valence-electron chi connectivity index (χ3n) is 5.32. The number of amides is 1. The molecule has 1 aliphatic heterocycles. The Morgan fingerprint density at radius 1 is 1.14 bits per heavy atom. The maximum atomic E-state index is 12.8. The molecule has 29 heavy (non-hydrogen) atoms. The molecular weight excluding hydrogens is 366 g/mol. The van der Waals surface area contributed by atoms with Gasteiger partial charge in [-0.3, -0.25) is 9.48 Å². The number of anilines is 1. The second kappa shape index (κ2) is 7.51. The second-order valence-electron chi connectivity index (χ2n) is 7.19. The molecule has 8 heteroatoms. The fraction of sp³-hybridized carbons (Fsp3) is 0.381. The van der Waals surface area contributed by atoms with Gasteiger partial charge in [0.25, 0.3) is 5.91 Å². The minimum absolute atomic E-state index is 0.00685. The fourth-order valence-electron chi connectivity index (χ4n) is 3.73. The predicted molar refractivity (Wildman–Crippen MR) is 110 cm³/mol. The second-order valence-corrected chi connectivity index (χ2v) is 7.19. The number of hydrogen-bond donors (Lipinski definition) is 0. The van der Waals surface area contributed by atoms with Gasteiger partial charge in [0.15, 0.2) is 5.82 Å². The minimum Gasteiger partial charge on any atom is -0.351 e. The number of aryl methyl sites for hydroxylation is 3. The molecule has 148 valence electrons. The van der Waals surface area contributed by atoms with Gasteiger partial charge in [-0.1, -0.05) is 6.92 Å². The molecule has 2 aromatic heterocycles. The highest BCUT2D eigenvalue weighted by atomic mass is 16.2. The van der Waals surface area contributed by atoms with Gasteiger partial charge in [-0.25, -0.2) is 9.97 Å². The van der Waals surface area contributed by atoms with Gasteiger partial charge < -0.3 is 9.80 Å². The number of hydrogen-bond acceptors (Lipinski definition) is 6. The summed E-state index contributed by atoms with van der Waals surface area (Å²) in [6.07, 6.45) is 0.758. The summed E-state index contributed by atoms with van der Waals surface area (Å²) < 4.78 is 1.84. The Morgan fingerprint density at radius 2 is 1.83 bits per heavy atom. The Bertz CT molecular complexity index is 1100. The Morgan fingerprint density at radius 3 is 2.45 bits per heavy atom. The summed E-state index contributed by atoms with van der Waals surface area (Å²) in [5.41, 5.74) is 3.89. The first-order valence-electron chi connectivity index (χ1n) is 9.76. The highest BCUT2D eigenvalue weighted by Crippen LogP contribution is 2.27. The number of carbonyl (C=O) groups excluding carboxylic acids is 1. The van der Waals surface area contributed by atoms with E-state index >= 15 is 0 Å². The zero-order valence-corrected chi connectivity index (χ0v) is 16.9. The molecule has 0 atom stereocenters. The van der Waals surface area contributed by atoms with Crippen LogP contribution in [0.3, 0.4) is 0 Å². The number of benzene rings is 1. The summed E-state index contributed by atoms with van der Waals surface area (Å²) in [5, 5.41) is 13.4. The third-order valence-corrected chi connectivity index (χ3v) is 5.32. The summed E-state index contributed by atoms with van der Waals surface area (Å²) in [6.45, 7) is 6.63. The van der Waals surface area contributed by atoms with Crippen LogP contribution in [-0.2, 0) is 13.5 Å². The van der Waals surface area contributed by atoms with Crippen LogP contribution in [0.25, 0.3) is 11.0 Å². The summed E-state index contributed by atoms with van der Waals surface area (Å²) in [4.78, 5) is 26.3. The summed E-state index contributed by atoms with van der Waals surface area (Å²) in [5.74, 6) is 1.69. The SMILES string of the molecule is CCc1nc(N2CCN(C(=O)c3ccc(C#N)cc3)CC2)c2c(n1)c(C)nn2C. The average molecular weight is 389 g/mol. The summed E-state index contributed by atoms with van der Waals surface area (Å²) in [7, 11) is 1.92. The van der Waals surface area contributed by atoms with Crippen LogP contribution in [0.5, 0.6) is 0 Å². The van der Waals surface area contributed by atoms with E-state index in [1.165, 1.54) is 0 Å². The zero-order chi connectivity index (χ0) is 20.5. The van der Waals surface area contributed by atoms with E-state index in [0.29, 0.717) is 37.3 Å². The molecule has 8 nitrogen and oxygen atoms in total. The molecule has 0 unspecified atom stereocenters. The molecule has 1 saturated heterocycles. The number of nitriles is 1. The molecule has 1 amide bonds. The van der Waals surface area contributed by atoms with E-state index < -0.39 is 0 Å². The first-order valence-corrected chi connectivity index (χ1v) is 9.76. The van der Waals surface area contributed by atoms with Crippen LogP contribution in [0.2, 0.25) is 0 Å². The highest BCUT2D eigenvalue weighted by Gasteiger charge is 2.26. The summed E-state index contributed by atoms with van der Waals surface area (Å²) in [6, 6.07) is 8.86. The van der Waals surface area contributed by atoms with Crippen molar-refractivity contribution in [2.75, 3.05) is 31.1 Å². The lowest BCUT2D eigenvalue weighted by atomic mass is 10.1. The monoisotopic (exact) mass is 389 g/mol. The maximum Gasteiger partial charge on any atom is 0.253 e. The van der Waals surface area contributed by atoms with Crippen LogP contribution in [0.1, 0.15) is 34.4 Å². The lowest BCUT2D eigenvalue weighted by molar-refractivity contribution is 0.0746. The van der Waals surface area contributed by atoms with E-state index in [2.05, 4.69) is 21.1 Å². The van der Waals surface area contributed by atoms with Crippen molar-refractivity contribution < 1.29 is 4.79 Å². The van der Waals surface area contributed by atoms with Crippen molar-refractivity contribution in [1.82, 2.24) is 24.6 Å². The van der Waals surface area contributed by atoms with Gasteiger partial charge >= 0.3 is 0 Å². The van der Waals surface area contributed by atoms with Crippen LogP contribution in [-0.4, -0.2) is 56.7 Å². The van der Waals surface area contributed by atoms with Gasteiger partial charge in [0.1, 0.15) is 16.9 Å². The maximum absolute atomic E-state index is 12.8. The van der Waals surface area contributed by atoms with Gasteiger partial charge in [0.2, 0.25) is 0 Å². The Hall–Kier alpha value is -3.47. The Kier molecular flexibility index (Phi) is 4.89. The van der Waals surface area contributed by atoms with Gasteiger partial charge in [-0.15, -0.1) is 0 Å². The van der Waals surface area contributed by atoms with Gasteiger partial charge in [-0.2, -0.15) is 10.4 Å². The zero-order valence-electron chi connectivity index (χ0n) is 16.9. The Balaban J connectivity index is 1.55. The number of piperazine rings is 1. The molecule has 4 rings (SSSR count). The first kappa shape index (κ1) is 18.9. The third kappa shape index (κ3) is 3.40. The van der Waals surface area contributed by atoms with Crippen LogP contribution in [0.4, 0.5) is 5.82 Å². The smallest absolute Gasteiger partial charge is 0.253 e. The van der Waals surface area contributed by atoms with E-state index in [4.69, 9.17) is 10.2 Å². The lowest BCUT2D eigenvalue weighted by Crippen LogP contribution is -2.49. The quantitative estimate of drug-likeness (QED) is 0.681. The fourth-order valence-corrected chi connectivity index (χ4v) is 3.73. The van der Waals surface area contributed by atoms with Crippen molar-refractivity contribution in [3.63, 3.8) is 0 Å². The van der Waals surface area contributed by atoms with Gasteiger partial charge in [-0.05, 0) is 31.2 Å². The van der Waals surface area contributed by atoms with Gasteiger partial charge in [0.05, 0.1) is 17.3 Å². The molecule has 1 fully saturated rings. The van der Waals surface area contributed by atoms with Crippen LogP contribution in [0, 0.1) is 18.3 Å². The molecule has 0 aliphatic carbocycles. The van der Waals surface area contributed by atoms with Crippen molar-refractivity contribution in [3.05, 3.63) is 46.9 Å². The van der Waals surface area contributed by atoms with Crippen LogP contribution >= 0.6 is 0 Å². The minimum atomic E-state index is -0.00685. The molecule has 1 aliphatic rings. The summed E-state index contributed by atoms with van der Waals surface area (Å²) >= 11 is 0. The number of nitrogens with zero attached hydrogens (tertiary/aromatic N) is 7. The standard InChI is InChI=1S/C21H23N7O/c1-4-17-23-18-14(2)25-26(3)19(18)20(24-17)27-9-11-28(12-10-27)21(29)16-7-5-15(13-22)6-8-16/h5-8H,4,9-12H2,1-3H3. The normalized spacial score (nSPS) is 14.3. The van der Waals surface area contributed by atoms with E-state index in [-0.39, 0.29) is 5.91 Å². The molecule has 0 radical (unpaired) electrons. The van der Waals surface area contributed by atoms with Crippen molar-refractivity contribution in [2.45, 2.75) is 20.3 Å². The first-order chi connectivity index (χ1) is 14.0. The van der Waals surface area contributed by atoms with Crippen molar-refractivity contribution in [1.29, 1.82) is 5.26 Å². The van der Waals surface area contributed by atoms with E-state index in [1.54, 1.807) is 24.3 Å². The average Bonchev–Trinajstić information content (AvgIpc) is 3.06. The topological polar surface area (TPSA) is 90.9 Å². The molecule has 3 aromatic rings. The molecular formula is C21H23N7O. The van der Waals surface area contributed by atoms with Crippen molar-refractivity contribution in [2.24, 2.45) is 7.05 Å². The van der Waals surface area contributed by atoms with E-state index in [9.17, 15) is 4.79 Å². The molecule has 1 aromatic carbocycles. The lowest BCUT2D eigenvalue weighted by Gasteiger charge is -2.35. The van der Waals surface area contributed by atoms with Crippen LogP contribution < -0.4 is 4.90 Å². The highest BCUT2D eigenvalue weighted by molar-refractivity contribution is 5.94. The molecule has 0 bridgehead atoms. The number of rotatable bonds is 3. The number of aromatic nitrogens is 4. The van der Waals surface area contributed by atoms with Crippen LogP contribution in [0.15, 0.2) is 24.3 Å². The van der Waals surface area contributed by atoms with Crippen molar-refractivity contribution in [3.8, 4) is 6.07 Å². The molecule has 0 spiro atoms. The van der Waals surface area contributed by atoms with Crippen molar-refractivity contribution >= 4 is 22.8 Å². The van der Waals surface area contributed by atoms with Gasteiger partial charge in [0, 0.05) is 45.2 Å². The molecule has 0 N–H and O–H groups in total. The number of carbonyl (C=O) groups is 1. The molecule has 0 saturated carbocycles. The Labute approximate surface area is 169 Å². The van der Waals surface area contributed by atoms with E-state index in [0.717, 1.165) is 34.8 Å². The predicted octanol–water partition coefficient (Wildman–Crippen LogP) is 2.07. The van der Waals surface area contributed by atoms with E-state index in [1.807, 2.05) is 30.5 Å².